The number of rotatable bonds is 8. The maximum atomic E-state index is 11.8. The summed E-state index contributed by atoms with van der Waals surface area (Å²) in [5.41, 5.74) is 7.63. The van der Waals surface area contributed by atoms with Crippen molar-refractivity contribution in [2.24, 2.45) is 5.73 Å². The highest BCUT2D eigenvalue weighted by Gasteiger charge is 2.06. The van der Waals surface area contributed by atoms with Crippen LogP contribution in [-0.4, -0.2) is 30.8 Å². The molecule has 4 nitrogen and oxygen atoms in total. The van der Waals surface area contributed by atoms with E-state index in [9.17, 15) is 4.21 Å². The van der Waals surface area contributed by atoms with E-state index in [-0.39, 0.29) is 0 Å². The fourth-order valence-corrected chi connectivity index (χ4v) is 2.84. The molecule has 0 amide bonds. The Bertz CT molecular complexity index is 396. The normalized spacial score (nSPS) is 12.4. The molecule has 0 spiro atoms. The average Bonchev–Trinajstić information content (AvgIpc) is 2.39. The highest BCUT2D eigenvalue weighted by Crippen LogP contribution is 2.20. The lowest BCUT2D eigenvalue weighted by Crippen LogP contribution is -2.05. The van der Waals surface area contributed by atoms with Crippen LogP contribution in [0.4, 0.5) is 0 Å². The molecule has 1 aromatic rings. The zero-order valence-electron chi connectivity index (χ0n) is 11.0. The van der Waals surface area contributed by atoms with Gasteiger partial charge in [0.15, 0.2) is 0 Å². The zero-order chi connectivity index (χ0) is 13.4. The molecule has 0 aliphatic rings. The molecule has 2 N–H and O–H groups in total. The molecule has 1 atom stereocenters. The van der Waals surface area contributed by atoms with Crippen molar-refractivity contribution >= 4 is 10.8 Å². The topological polar surface area (TPSA) is 61.5 Å². The first-order chi connectivity index (χ1) is 8.71. The van der Waals surface area contributed by atoms with E-state index in [4.69, 9.17) is 15.2 Å². The lowest BCUT2D eigenvalue weighted by Gasteiger charge is -2.09. The molecule has 18 heavy (non-hydrogen) atoms. The van der Waals surface area contributed by atoms with Crippen LogP contribution in [0.3, 0.4) is 0 Å². The van der Waals surface area contributed by atoms with E-state index in [1.807, 2.05) is 18.2 Å². The first-order valence-corrected chi connectivity index (χ1v) is 7.39. The lowest BCUT2D eigenvalue weighted by molar-refractivity contribution is 0.200. The highest BCUT2D eigenvalue weighted by atomic mass is 32.2. The SMILES string of the molecule is COCCCS(=O)Cc1ccc(OC)c(CN)c1. The molecule has 0 radical (unpaired) electrons. The maximum Gasteiger partial charge on any atom is 0.123 e. The molecule has 0 aliphatic heterocycles. The van der Waals surface area contributed by atoms with E-state index >= 15 is 0 Å². The van der Waals surface area contributed by atoms with Crippen LogP contribution in [-0.2, 0) is 27.8 Å². The first-order valence-electron chi connectivity index (χ1n) is 5.91. The second kappa shape index (κ2) is 8.24. The van der Waals surface area contributed by atoms with E-state index in [2.05, 4.69) is 0 Å². The van der Waals surface area contributed by atoms with Crippen LogP contribution >= 0.6 is 0 Å². The molecule has 1 unspecified atom stereocenters. The number of nitrogens with two attached hydrogens (primary N) is 1. The first kappa shape index (κ1) is 15.1. The Morgan fingerprint density at radius 3 is 2.72 bits per heavy atom. The molecule has 0 saturated heterocycles. The minimum absolute atomic E-state index is 0.424. The molecule has 102 valence electrons. The van der Waals surface area contributed by atoms with Gasteiger partial charge in [-0.05, 0) is 24.1 Å². The number of benzene rings is 1. The van der Waals surface area contributed by atoms with Gasteiger partial charge in [0.25, 0.3) is 0 Å². The van der Waals surface area contributed by atoms with Crippen molar-refractivity contribution in [3.63, 3.8) is 0 Å². The molecule has 0 fully saturated rings. The zero-order valence-corrected chi connectivity index (χ0v) is 11.8. The largest absolute Gasteiger partial charge is 0.496 e. The van der Waals surface area contributed by atoms with Crippen molar-refractivity contribution in [1.82, 2.24) is 0 Å². The smallest absolute Gasteiger partial charge is 0.123 e. The van der Waals surface area contributed by atoms with Crippen LogP contribution in [0.2, 0.25) is 0 Å². The number of ether oxygens (including phenoxy) is 2. The second-order valence-electron chi connectivity index (χ2n) is 3.98. The van der Waals surface area contributed by atoms with Gasteiger partial charge < -0.3 is 15.2 Å². The monoisotopic (exact) mass is 271 g/mol. The summed E-state index contributed by atoms with van der Waals surface area (Å²) in [4.78, 5) is 0. The predicted octanol–water partition coefficient (Wildman–Crippen LogP) is 1.44. The molecule has 1 rings (SSSR count). The van der Waals surface area contributed by atoms with Gasteiger partial charge in [-0.3, -0.25) is 4.21 Å². The molecule has 0 bridgehead atoms. The number of methoxy groups -OCH3 is 2. The Kier molecular flexibility index (Phi) is 6.93. The van der Waals surface area contributed by atoms with Crippen molar-refractivity contribution in [3.8, 4) is 5.75 Å². The lowest BCUT2D eigenvalue weighted by atomic mass is 10.1. The van der Waals surface area contributed by atoms with E-state index in [1.165, 1.54) is 0 Å². The molecular weight excluding hydrogens is 250 g/mol. The molecule has 5 heteroatoms. The summed E-state index contributed by atoms with van der Waals surface area (Å²) in [6, 6.07) is 5.78. The predicted molar refractivity (Wildman–Crippen MR) is 74.1 cm³/mol. The second-order valence-corrected chi connectivity index (χ2v) is 5.56. The van der Waals surface area contributed by atoms with Gasteiger partial charge in [-0.25, -0.2) is 0 Å². The van der Waals surface area contributed by atoms with Crippen molar-refractivity contribution < 1.29 is 13.7 Å². The summed E-state index contributed by atoms with van der Waals surface area (Å²) in [5, 5.41) is 0. The van der Waals surface area contributed by atoms with Crippen molar-refractivity contribution in [2.45, 2.75) is 18.7 Å². The number of hydrogen-bond donors (Lipinski definition) is 1. The third-order valence-electron chi connectivity index (χ3n) is 2.61. The van der Waals surface area contributed by atoms with Gasteiger partial charge >= 0.3 is 0 Å². The Morgan fingerprint density at radius 1 is 1.33 bits per heavy atom. The van der Waals surface area contributed by atoms with Crippen molar-refractivity contribution in [1.29, 1.82) is 0 Å². The minimum Gasteiger partial charge on any atom is -0.496 e. The van der Waals surface area contributed by atoms with Crippen LogP contribution in [0.25, 0.3) is 0 Å². The van der Waals surface area contributed by atoms with E-state index < -0.39 is 10.8 Å². The summed E-state index contributed by atoms with van der Waals surface area (Å²) in [6.07, 6.45) is 0.822. The van der Waals surface area contributed by atoms with Crippen molar-refractivity contribution in [2.75, 3.05) is 26.6 Å². The highest BCUT2D eigenvalue weighted by molar-refractivity contribution is 7.84. The molecule has 0 aromatic heterocycles. The molecule has 1 aromatic carbocycles. The maximum absolute atomic E-state index is 11.8. The fourth-order valence-electron chi connectivity index (χ4n) is 1.70. The van der Waals surface area contributed by atoms with Crippen LogP contribution < -0.4 is 10.5 Å². The van der Waals surface area contributed by atoms with Crippen LogP contribution in [0.15, 0.2) is 18.2 Å². The molecule has 0 heterocycles. The Hall–Kier alpha value is -0.910. The van der Waals surface area contributed by atoms with E-state index in [1.54, 1.807) is 14.2 Å². The molecule has 0 aliphatic carbocycles. The van der Waals surface area contributed by atoms with Gasteiger partial charge in [-0.2, -0.15) is 0 Å². The summed E-state index contributed by atoms with van der Waals surface area (Å²) >= 11 is 0. The fraction of sp³-hybridized carbons (Fsp3) is 0.538. The Morgan fingerprint density at radius 2 is 2.11 bits per heavy atom. The van der Waals surface area contributed by atoms with Gasteiger partial charge in [0.1, 0.15) is 5.75 Å². The third kappa shape index (κ3) is 4.76. The molecule has 0 saturated carbocycles. The molecular formula is C13H21NO3S. The van der Waals surface area contributed by atoms with Gasteiger partial charge in [-0.15, -0.1) is 0 Å². The van der Waals surface area contributed by atoms with Crippen LogP contribution in [0.5, 0.6) is 5.75 Å². The summed E-state index contributed by atoms with van der Waals surface area (Å²) in [7, 11) is 2.42. The van der Waals surface area contributed by atoms with Gasteiger partial charge in [0, 0.05) is 48.1 Å². The van der Waals surface area contributed by atoms with Crippen LogP contribution in [0, 0.1) is 0 Å². The van der Waals surface area contributed by atoms with Crippen LogP contribution in [0.1, 0.15) is 17.5 Å². The standard InChI is InChI=1S/C13H21NO3S/c1-16-6-3-7-18(15)10-11-4-5-13(17-2)12(8-11)9-14/h4-5,8H,3,6-7,9-10,14H2,1-2H3. The quantitative estimate of drug-likeness (QED) is 0.727. The van der Waals surface area contributed by atoms with E-state index in [0.717, 1.165) is 23.3 Å². The Balaban J connectivity index is 2.59. The Labute approximate surface area is 111 Å². The minimum atomic E-state index is -0.853. The van der Waals surface area contributed by atoms with E-state index in [0.29, 0.717) is 24.7 Å². The number of hydrogen-bond acceptors (Lipinski definition) is 4. The van der Waals surface area contributed by atoms with Crippen molar-refractivity contribution in [3.05, 3.63) is 29.3 Å². The third-order valence-corrected chi connectivity index (χ3v) is 4.01. The van der Waals surface area contributed by atoms with Gasteiger partial charge in [0.05, 0.1) is 7.11 Å². The average molecular weight is 271 g/mol. The summed E-state index contributed by atoms with van der Waals surface area (Å²) < 4.78 is 22.0. The van der Waals surface area contributed by atoms with Gasteiger partial charge in [-0.1, -0.05) is 6.07 Å². The summed E-state index contributed by atoms with van der Waals surface area (Å²) in [5.74, 6) is 2.00. The van der Waals surface area contributed by atoms with Gasteiger partial charge in [0.2, 0.25) is 0 Å². The summed E-state index contributed by atoms with van der Waals surface area (Å²) in [6.45, 7) is 1.08.